The summed E-state index contributed by atoms with van der Waals surface area (Å²) in [6.45, 7) is 1.58. The first kappa shape index (κ1) is 21.0. The number of carbonyl (C=O) groups excluding carboxylic acids is 1. The lowest BCUT2D eigenvalue weighted by atomic mass is 10.1. The molecular formula is C17H18F3N7O4. The molecule has 0 aromatic carbocycles. The van der Waals surface area contributed by atoms with Crippen LogP contribution in [-0.2, 0) is 20.4 Å². The fourth-order valence-electron chi connectivity index (χ4n) is 3.21. The van der Waals surface area contributed by atoms with Crippen molar-refractivity contribution in [2.75, 3.05) is 55.6 Å². The molecule has 2 fully saturated rings. The zero-order valence-electron chi connectivity index (χ0n) is 16.3. The van der Waals surface area contributed by atoms with Crippen LogP contribution in [0.5, 0.6) is 0 Å². The van der Waals surface area contributed by atoms with Crippen LogP contribution in [0.1, 0.15) is 5.69 Å². The van der Waals surface area contributed by atoms with Gasteiger partial charge >= 0.3 is 12.3 Å². The van der Waals surface area contributed by atoms with Gasteiger partial charge in [0.25, 0.3) is 0 Å². The van der Waals surface area contributed by atoms with Crippen molar-refractivity contribution in [2.24, 2.45) is 0 Å². The summed E-state index contributed by atoms with van der Waals surface area (Å²) >= 11 is 0. The second-order valence-electron chi connectivity index (χ2n) is 6.64. The lowest BCUT2D eigenvalue weighted by Gasteiger charge is -2.28. The Kier molecular flexibility index (Phi) is 5.49. The lowest BCUT2D eigenvalue weighted by molar-refractivity contribution is -0.140. The summed E-state index contributed by atoms with van der Waals surface area (Å²) in [5.41, 5.74) is 3.59. The van der Waals surface area contributed by atoms with Crippen LogP contribution in [0.4, 0.5) is 35.7 Å². The summed E-state index contributed by atoms with van der Waals surface area (Å²) in [5.74, 6) is -0.387. The topological polar surface area (TPSA) is 129 Å². The van der Waals surface area contributed by atoms with E-state index in [1.54, 1.807) is 4.90 Å². The van der Waals surface area contributed by atoms with Gasteiger partial charge in [-0.05, 0) is 0 Å². The Morgan fingerprint density at radius 1 is 1.23 bits per heavy atom. The number of rotatable bonds is 4. The minimum atomic E-state index is -4.81. The van der Waals surface area contributed by atoms with E-state index in [1.807, 2.05) is 0 Å². The number of morpholine rings is 1. The van der Waals surface area contributed by atoms with Gasteiger partial charge in [0.1, 0.15) is 12.4 Å². The van der Waals surface area contributed by atoms with Gasteiger partial charge in [-0.25, -0.2) is 24.6 Å². The molecule has 0 radical (unpaired) electrons. The minimum Gasteiger partial charge on any atom is -0.444 e. The van der Waals surface area contributed by atoms with Crippen LogP contribution in [-0.4, -0.2) is 72.3 Å². The average molecular weight is 441 g/mol. The van der Waals surface area contributed by atoms with E-state index in [0.717, 1.165) is 11.1 Å². The number of cyclic esters (lactones) is 1. The zero-order chi connectivity index (χ0) is 22.2. The molecule has 4 heterocycles. The van der Waals surface area contributed by atoms with Crippen LogP contribution < -0.4 is 15.5 Å². The highest BCUT2D eigenvalue weighted by atomic mass is 19.4. The van der Waals surface area contributed by atoms with Crippen molar-refractivity contribution in [3.8, 4) is 11.3 Å². The molecule has 11 nitrogen and oxygen atoms in total. The maximum absolute atomic E-state index is 13.6. The van der Waals surface area contributed by atoms with Crippen molar-refractivity contribution >= 4 is 23.8 Å². The molecular weight excluding hydrogens is 423 g/mol. The molecule has 0 unspecified atom stereocenters. The van der Waals surface area contributed by atoms with Crippen LogP contribution >= 0.6 is 0 Å². The van der Waals surface area contributed by atoms with Gasteiger partial charge in [-0.15, -0.1) is 0 Å². The second kappa shape index (κ2) is 8.11. The standard InChI is InChI=1S/C17H18F3N7O4/c1-29-12-8-31-16(28)27(12)11-6-10(23-15(24-11)26-2-4-30-5-3-26)9-7-22-14(21)25-13(9)17(18,19)20/h6-7,12H,2-5,8H2,1H3,(H2,21,22,25)/t12-/m0/s1. The fourth-order valence-corrected chi connectivity index (χ4v) is 3.21. The third kappa shape index (κ3) is 4.16. The molecule has 2 saturated heterocycles. The summed E-state index contributed by atoms with van der Waals surface area (Å²) in [7, 11) is 1.38. The van der Waals surface area contributed by atoms with Crippen molar-refractivity contribution in [3.63, 3.8) is 0 Å². The first-order chi connectivity index (χ1) is 14.8. The Hall–Kier alpha value is -3.26. The SMILES string of the molecule is CO[C@H]1COC(=O)N1c1cc(-c2cnc(N)nc2C(F)(F)F)nc(N2CCOCC2)n1. The molecule has 1 amide bonds. The molecule has 2 aromatic heterocycles. The van der Waals surface area contributed by atoms with Crippen molar-refractivity contribution in [1.29, 1.82) is 0 Å². The van der Waals surface area contributed by atoms with Crippen LogP contribution in [0.3, 0.4) is 0 Å². The van der Waals surface area contributed by atoms with Gasteiger partial charge in [0.15, 0.2) is 11.9 Å². The lowest BCUT2D eigenvalue weighted by Crippen LogP contribution is -2.39. The van der Waals surface area contributed by atoms with Crippen LogP contribution in [0.25, 0.3) is 11.3 Å². The molecule has 2 aromatic rings. The number of hydrogen-bond donors (Lipinski definition) is 1. The van der Waals surface area contributed by atoms with Crippen molar-refractivity contribution in [2.45, 2.75) is 12.4 Å². The first-order valence-corrected chi connectivity index (χ1v) is 9.18. The van der Waals surface area contributed by atoms with Crippen molar-refractivity contribution < 1.29 is 32.2 Å². The summed E-state index contributed by atoms with van der Waals surface area (Å²) in [6, 6.07) is 1.23. The molecule has 4 rings (SSSR count). The number of anilines is 3. The third-order valence-electron chi connectivity index (χ3n) is 4.70. The molecule has 0 bridgehead atoms. The molecule has 166 valence electrons. The number of nitrogen functional groups attached to an aromatic ring is 1. The molecule has 0 saturated carbocycles. The van der Waals surface area contributed by atoms with Gasteiger partial charge in [0.05, 0.1) is 18.9 Å². The fraction of sp³-hybridized carbons (Fsp3) is 0.471. The van der Waals surface area contributed by atoms with E-state index >= 15 is 0 Å². The molecule has 0 aliphatic carbocycles. The smallest absolute Gasteiger partial charge is 0.434 e. The highest BCUT2D eigenvalue weighted by Gasteiger charge is 2.39. The number of carbonyl (C=O) groups is 1. The van der Waals surface area contributed by atoms with E-state index in [0.29, 0.717) is 26.3 Å². The quantitative estimate of drug-likeness (QED) is 0.741. The summed E-state index contributed by atoms with van der Waals surface area (Å²) in [6.07, 6.45) is -5.40. The van der Waals surface area contributed by atoms with E-state index < -0.39 is 35.7 Å². The average Bonchev–Trinajstić information content (AvgIpc) is 3.14. The van der Waals surface area contributed by atoms with Gasteiger partial charge in [0.2, 0.25) is 11.9 Å². The van der Waals surface area contributed by atoms with Gasteiger partial charge in [0, 0.05) is 38.0 Å². The summed E-state index contributed by atoms with van der Waals surface area (Å²) in [4.78, 5) is 30.8. The Bertz CT molecular complexity index is 985. The predicted molar refractivity (Wildman–Crippen MR) is 100 cm³/mol. The normalized spacial score (nSPS) is 19.6. The number of halogens is 3. The molecule has 2 aliphatic heterocycles. The highest BCUT2D eigenvalue weighted by Crippen LogP contribution is 2.37. The van der Waals surface area contributed by atoms with E-state index in [1.165, 1.54) is 13.2 Å². The highest BCUT2D eigenvalue weighted by molar-refractivity contribution is 5.89. The maximum Gasteiger partial charge on any atom is 0.434 e. The van der Waals surface area contributed by atoms with Crippen LogP contribution in [0.2, 0.25) is 0 Å². The number of alkyl halides is 3. The molecule has 0 spiro atoms. The number of ether oxygens (including phenoxy) is 3. The van der Waals surface area contributed by atoms with Crippen molar-refractivity contribution in [3.05, 3.63) is 18.0 Å². The molecule has 31 heavy (non-hydrogen) atoms. The van der Waals surface area contributed by atoms with Gasteiger partial charge in [-0.3, -0.25) is 0 Å². The van der Waals surface area contributed by atoms with E-state index in [9.17, 15) is 18.0 Å². The zero-order valence-corrected chi connectivity index (χ0v) is 16.3. The number of nitrogens with zero attached hydrogens (tertiary/aromatic N) is 6. The van der Waals surface area contributed by atoms with Crippen molar-refractivity contribution in [1.82, 2.24) is 19.9 Å². The Morgan fingerprint density at radius 3 is 2.65 bits per heavy atom. The van der Waals surface area contributed by atoms with Gasteiger partial charge in [-0.2, -0.15) is 18.2 Å². The number of amides is 1. The summed E-state index contributed by atoms with van der Waals surface area (Å²) < 4.78 is 56.4. The number of hydrogen-bond acceptors (Lipinski definition) is 10. The third-order valence-corrected chi connectivity index (χ3v) is 4.70. The molecule has 1 atom stereocenters. The number of methoxy groups -OCH3 is 1. The predicted octanol–water partition coefficient (Wildman–Crippen LogP) is 1.30. The van der Waals surface area contributed by atoms with E-state index in [4.69, 9.17) is 19.9 Å². The number of aromatic nitrogens is 4. The monoisotopic (exact) mass is 441 g/mol. The second-order valence-corrected chi connectivity index (χ2v) is 6.64. The van der Waals surface area contributed by atoms with E-state index in [2.05, 4.69) is 19.9 Å². The Morgan fingerprint density at radius 2 is 1.97 bits per heavy atom. The van der Waals surface area contributed by atoms with Gasteiger partial charge < -0.3 is 24.8 Å². The molecule has 2 N–H and O–H groups in total. The first-order valence-electron chi connectivity index (χ1n) is 9.18. The Labute approximate surface area is 173 Å². The minimum absolute atomic E-state index is 0.0193. The molecule has 2 aliphatic rings. The Balaban J connectivity index is 1.88. The van der Waals surface area contributed by atoms with Gasteiger partial charge in [-0.1, -0.05) is 0 Å². The largest absolute Gasteiger partial charge is 0.444 e. The maximum atomic E-state index is 13.6. The van der Waals surface area contributed by atoms with Crippen LogP contribution in [0, 0.1) is 0 Å². The number of nitrogens with two attached hydrogens (primary N) is 1. The molecule has 14 heteroatoms. The van der Waals surface area contributed by atoms with E-state index in [-0.39, 0.29) is 24.1 Å². The van der Waals surface area contributed by atoms with Crippen LogP contribution in [0.15, 0.2) is 12.3 Å². The summed E-state index contributed by atoms with van der Waals surface area (Å²) in [5, 5.41) is 0.